The highest BCUT2D eigenvalue weighted by molar-refractivity contribution is 8.00. The number of halogens is 1. The molecule has 4 heteroatoms. The van der Waals surface area contributed by atoms with Gasteiger partial charge in [-0.1, -0.05) is 17.7 Å². The van der Waals surface area contributed by atoms with Gasteiger partial charge in [0.1, 0.15) is 11.9 Å². The SMILES string of the molecule is CC(C)(O)c1ccc(OC2CSC2)c(Cl)c1. The van der Waals surface area contributed by atoms with Gasteiger partial charge < -0.3 is 9.84 Å². The molecule has 1 fully saturated rings. The van der Waals surface area contributed by atoms with Crippen molar-refractivity contribution in [2.24, 2.45) is 0 Å². The number of thioether (sulfide) groups is 1. The van der Waals surface area contributed by atoms with E-state index < -0.39 is 5.60 Å². The Kier molecular flexibility index (Phi) is 3.38. The van der Waals surface area contributed by atoms with Crippen LogP contribution >= 0.6 is 23.4 Å². The van der Waals surface area contributed by atoms with Gasteiger partial charge in [0.05, 0.1) is 10.6 Å². The summed E-state index contributed by atoms with van der Waals surface area (Å²) in [5, 5.41) is 10.4. The molecule has 1 aliphatic heterocycles. The number of hydrogen-bond acceptors (Lipinski definition) is 3. The second kappa shape index (κ2) is 4.47. The predicted octanol–water partition coefficient (Wildman–Crippen LogP) is 3.06. The van der Waals surface area contributed by atoms with Crippen molar-refractivity contribution in [3.8, 4) is 5.75 Å². The molecule has 0 saturated carbocycles. The van der Waals surface area contributed by atoms with Crippen molar-refractivity contribution in [1.29, 1.82) is 0 Å². The van der Waals surface area contributed by atoms with Crippen molar-refractivity contribution in [2.45, 2.75) is 25.6 Å². The molecule has 0 radical (unpaired) electrons. The van der Waals surface area contributed by atoms with Crippen molar-refractivity contribution in [2.75, 3.05) is 11.5 Å². The zero-order valence-corrected chi connectivity index (χ0v) is 10.9. The van der Waals surface area contributed by atoms with Crippen LogP contribution in [0, 0.1) is 0 Å². The van der Waals surface area contributed by atoms with Gasteiger partial charge in [-0.3, -0.25) is 0 Å². The van der Waals surface area contributed by atoms with E-state index in [1.807, 2.05) is 23.9 Å². The van der Waals surface area contributed by atoms with E-state index >= 15 is 0 Å². The summed E-state index contributed by atoms with van der Waals surface area (Å²) >= 11 is 7.99. The molecule has 1 aromatic carbocycles. The lowest BCUT2D eigenvalue weighted by atomic mass is 9.98. The van der Waals surface area contributed by atoms with Gasteiger partial charge in [-0.2, -0.15) is 11.8 Å². The topological polar surface area (TPSA) is 29.5 Å². The molecule has 88 valence electrons. The minimum Gasteiger partial charge on any atom is -0.487 e. The molecule has 2 nitrogen and oxygen atoms in total. The lowest BCUT2D eigenvalue weighted by Gasteiger charge is -2.27. The lowest BCUT2D eigenvalue weighted by Crippen LogP contribution is -2.31. The summed E-state index contributed by atoms with van der Waals surface area (Å²) in [6.07, 6.45) is 0.287. The van der Waals surface area contributed by atoms with Gasteiger partial charge in [-0.05, 0) is 31.5 Å². The van der Waals surface area contributed by atoms with Crippen LogP contribution in [0.2, 0.25) is 5.02 Å². The van der Waals surface area contributed by atoms with Crippen LogP contribution in [-0.4, -0.2) is 22.7 Å². The van der Waals surface area contributed by atoms with Gasteiger partial charge in [0.15, 0.2) is 0 Å². The molecule has 0 aliphatic carbocycles. The largest absolute Gasteiger partial charge is 0.487 e. The molecule has 16 heavy (non-hydrogen) atoms. The zero-order valence-electron chi connectivity index (χ0n) is 9.37. The summed E-state index contributed by atoms with van der Waals surface area (Å²) in [4.78, 5) is 0. The monoisotopic (exact) mass is 258 g/mol. The van der Waals surface area contributed by atoms with Crippen LogP contribution in [0.25, 0.3) is 0 Å². The van der Waals surface area contributed by atoms with E-state index in [1.54, 1.807) is 19.9 Å². The Balaban J connectivity index is 2.15. The van der Waals surface area contributed by atoms with Crippen LogP contribution in [0.15, 0.2) is 18.2 Å². The molecule has 1 N–H and O–H groups in total. The molecule has 1 heterocycles. The van der Waals surface area contributed by atoms with Crippen LogP contribution < -0.4 is 4.74 Å². The van der Waals surface area contributed by atoms with Crippen LogP contribution in [-0.2, 0) is 5.60 Å². The standard InChI is InChI=1S/C12H15ClO2S/c1-12(2,14)8-3-4-11(10(13)5-8)15-9-6-16-7-9/h3-5,9,14H,6-7H2,1-2H3. The average Bonchev–Trinajstić information content (AvgIpc) is 2.11. The first kappa shape index (κ1) is 12.1. The molecule has 0 aromatic heterocycles. The summed E-state index contributed by atoms with van der Waals surface area (Å²) < 4.78 is 5.71. The Morgan fingerprint density at radius 3 is 2.56 bits per heavy atom. The van der Waals surface area contributed by atoms with Crippen LogP contribution in [0.4, 0.5) is 0 Å². The number of aliphatic hydroxyl groups is 1. The Morgan fingerprint density at radius 1 is 1.44 bits per heavy atom. The molecule has 2 rings (SSSR count). The van der Waals surface area contributed by atoms with Gasteiger partial charge in [0, 0.05) is 11.5 Å². The molecule has 1 aromatic rings. The highest BCUT2D eigenvalue weighted by atomic mass is 35.5. The molecular formula is C12H15ClO2S. The van der Waals surface area contributed by atoms with E-state index in [4.69, 9.17) is 16.3 Å². The second-order valence-corrected chi connectivity index (χ2v) is 5.96. The number of benzene rings is 1. The summed E-state index contributed by atoms with van der Waals surface area (Å²) in [6, 6.07) is 5.45. The van der Waals surface area contributed by atoms with Crippen LogP contribution in [0.1, 0.15) is 19.4 Å². The molecule has 1 saturated heterocycles. The van der Waals surface area contributed by atoms with E-state index in [0.717, 1.165) is 17.1 Å². The van der Waals surface area contributed by atoms with Gasteiger partial charge in [0.2, 0.25) is 0 Å². The molecule has 0 atom stereocenters. The maximum Gasteiger partial charge on any atom is 0.138 e. The smallest absolute Gasteiger partial charge is 0.138 e. The normalized spacial score (nSPS) is 17.0. The van der Waals surface area contributed by atoms with Gasteiger partial charge >= 0.3 is 0 Å². The van der Waals surface area contributed by atoms with Crippen molar-refractivity contribution in [3.05, 3.63) is 28.8 Å². The van der Waals surface area contributed by atoms with Crippen LogP contribution in [0.3, 0.4) is 0 Å². The number of ether oxygens (including phenoxy) is 1. The van der Waals surface area contributed by atoms with E-state index in [-0.39, 0.29) is 6.10 Å². The fraction of sp³-hybridized carbons (Fsp3) is 0.500. The first-order chi connectivity index (χ1) is 7.47. The quantitative estimate of drug-likeness (QED) is 0.904. The third-order valence-corrected chi connectivity index (χ3v) is 4.05. The Labute approximate surface area is 105 Å². The third-order valence-electron chi connectivity index (χ3n) is 2.54. The highest BCUT2D eigenvalue weighted by Gasteiger charge is 2.22. The zero-order chi connectivity index (χ0) is 11.8. The second-order valence-electron chi connectivity index (χ2n) is 4.48. The Morgan fingerprint density at radius 2 is 2.12 bits per heavy atom. The summed E-state index contributed by atoms with van der Waals surface area (Å²) in [7, 11) is 0. The highest BCUT2D eigenvalue weighted by Crippen LogP contribution is 2.32. The number of rotatable bonds is 3. The van der Waals surface area contributed by atoms with Gasteiger partial charge in [-0.15, -0.1) is 0 Å². The summed E-state index contributed by atoms with van der Waals surface area (Å²) in [5.74, 6) is 2.77. The van der Waals surface area contributed by atoms with Crippen molar-refractivity contribution in [1.82, 2.24) is 0 Å². The Bertz CT molecular complexity index is 383. The molecule has 0 spiro atoms. The van der Waals surface area contributed by atoms with E-state index in [1.165, 1.54) is 0 Å². The van der Waals surface area contributed by atoms with E-state index in [0.29, 0.717) is 10.8 Å². The van der Waals surface area contributed by atoms with Crippen molar-refractivity contribution >= 4 is 23.4 Å². The van der Waals surface area contributed by atoms with Crippen molar-refractivity contribution in [3.63, 3.8) is 0 Å². The van der Waals surface area contributed by atoms with Gasteiger partial charge in [-0.25, -0.2) is 0 Å². The minimum absolute atomic E-state index is 0.287. The molecule has 0 amide bonds. The lowest BCUT2D eigenvalue weighted by molar-refractivity contribution is 0.0785. The number of hydrogen-bond donors (Lipinski definition) is 1. The fourth-order valence-corrected chi connectivity index (χ4v) is 2.23. The predicted molar refractivity (Wildman–Crippen MR) is 68.4 cm³/mol. The molecule has 0 unspecified atom stereocenters. The minimum atomic E-state index is -0.867. The fourth-order valence-electron chi connectivity index (χ4n) is 1.44. The summed E-state index contributed by atoms with van der Waals surface area (Å²) in [5.41, 5.74) is -0.0677. The van der Waals surface area contributed by atoms with Crippen molar-refractivity contribution < 1.29 is 9.84 Å². The maximum absolute atomic E-state index is 9.84. The first-order valence-electron chi connectivity index (χ1n) is 5.23. The average molecular weight is 259 g/mol. The van der Waals surface area contributed by atoms with Gasteiger partial charge in [0.25, 0.3) is 0 Å². The molecule has 0 bridgehead atoms. The van der Waals surface area contributed by atoms with Crippen LogP contribution in [0.5, 0.6) is 5.75 Å². The van der Waals surface area contributed by atoms with E-state index in [2.05, 4.69) is 0 Å². The molecule has 1 aliphatic rings. The molecular weight excluding hydrogens is 244 g/mol. The Hall–Kier alpha value is -0.380. The van der Waals surface area contributed by atoms with E-state index in [9.17, 15) is 5.11 Å². The summed E-state index contributed by atoms with van der Waals surface area (Å²) in [6.45, 7) is 3.48. The first-order valence-corrected chi connectivity index (χ1v) is 6.77. The maximum atomic E-state index is 9.84. The third kappa shape index (κ3) is 2.65.